The van der Waals surface area contributed by atoms with E-state index in [1.165, 1.54) is 23.1 Å². The van der Waals surface area contributed by atoms with Crippen molar-refractivity contribution in [3.63, 3.8) is 0 Å². The molecule has 2 amide bonds. The van der Waals surface area contributed by atoms with Crippen molar-refractivity contribution in [2.75, 3.05) is 16.4 Å². The molecule has 1 saturated heterocycles. The standard InChI is InChI=1S/C23H24F2N2O5S/c1-13(2)19-17-9-14(20(28)26-23(3)11-33(30,31)12-23)7-8-18(17)27(21(19)29)15-5-4-6-16(10-15)32-22(24)25/h4-10,13,19,22H,11-12H2,1-3H3,(H,26,28). The minimum Gasteiger partial charge on any atom is -0.435 e. The number of rotatable bonds is 6. The summed E-state index contributed by atoms with van der Waals surface area (Å²) in [6.45, 7) is 2.47. The first-order valence-corrected chi connectivity index (χ1v) is 12.3. The summed E-state index contributed by atoms with van der Waals surface area (Å²) in [6, 6.07) is 10.8. The molecule has 0 saturated carbocycles. The van der Waals surface area contributed by atoms with Gasteiger partial charge in [0.1, 0.15) is 5.75 Å². The lowest BCUT2D eigenvalue weighted by Gasteiger charge is -2.38. The minimum absolute atomic E-state index is 0.0652. The molecule has 7 nitrogen and oxygen atoms in total. The van der Waals surface area contributed by atoms with Crippen molar-refractivity contribution in [1.82, 2.24) is 5.32 Å². The maximum atomic E-state index is 13.3. The Balaban J connectivity index is 1.67. The third-order valence-corrected chi connectivity index (χ3v) is 7.97. The molecule has 2 aliphatic heterocycles. The fourth-order valence-electron chi connectivity index (χ4n) is 4.60. The number of sulfone groups is 1. The number of halogens is 2. The Labute approximate surface area is 190 Å². The van der Waals surface area contributed by atoms with E-state index in [4.69, 9.17) is 0 Å². The molecule has 2 aromatic rings. The van der Waals surface area contributed by atoms with Gasteiger partial charge in [-0.1, -0.05) is 19.9 Å². The summed E-state index contributed by atoms with van der Waals surface area (Å²) in [6.07, 6.45) is 0. The number of carbonyl (C=O) groups is 2. The highest BCUT2D eigenvalue weighted by molar-refractivity contribution is 7.93. The van der Waals surface area contributed by atoms with Crippen molar-refractivity contribution in [2.45, 2.75) is 38.8 Å². The summed E-state index contributed by atoms with van der Waals surface area (Å²) < 4.78 is 52.8. The van der Waals surface area contributed by atoms with E-state index in [1.807, 2.05) is 13.8 Å². The maximum Gasteiger partial charge on any atom is 0.387 e. The van der Waals surface area contributed by atoms with E-state index in [9.17, 15) is 26.8 Å². The van der Waals surface area contributed by atoms with Crippen LogP contribution in [-0.2, 0) is 14.6 Å². The van der Waals surface area contributed by atoms with E-state index in [0.717, 1.165) is 0 Å². The Morgan fingerprint density at radius 3 is 2.48 bits per heavy atom. The number of hydrogen-bond donors (Lipinski definition) is 1. The first-order valence-electron chi connectivity index (χ1n) is 10.4. The Bertz CT molecular complexity index is 1220. The molecular weight excluding hydrogens is 454 g/mol. The fourth-order valence-corrected chi connectivity index (χ4v) is 6.60. The van der Waals surface area contributed by atoms with Crippen LogP contribution in [0.3, 0.4) is 0 Å². The van der Waals surface area contributed by atoms with Crippen LogP contribution in [0.5, 0.6) is 5.75 Å². The van der Waals surface area contributed by atoms with Gasteiger partial charge in [-0.05, 0) is 48.7 Å². The van der Waals surface area contributed by atoms with E-state index < -0.39 is 33.8 Å². The van der Waals surface area contributed by atoms with Gasteiger partial charge in [0.2, 0.25) is 5.91 Å². The highest BCUT2D eigenvalue weighted by Gasteiger charge is 2.46. The molecule has 4 rings (SSSR count). The molecule has 0 aromatic heterocycles. The second-order valence-electron chi connectivity index (χ2n) is 9.09. The fraction of sp³-hybridized carbons (Fsp3) is 0.391. The van der Waals surface area contributed by atoms with Gasteiger partial charge in [-0.25, -0.2) is 8.42 Å². The summed E-state index contributed by atoms with van der Waals surface area (Å²) in [5.74, 6) is -1.57. The van der Waals surface area contributed by atoms with Crippen molar-refractivity contribution in [3.05, 3.63) is 53.6 Å². The van der Waals surface area contributed by atoms with E-state index in [-0.39, 0.29) is 29.1 Å². The van der Waals surface area contributed by atoms with Gasteiger partial charge in [-0.15, -0.1) is 0 Å². The molecule has 0 bridgehead atoms. The number of ether oxygens (including phenoxy) is 1. The summed E-state index contributed by atoms with van der Waals surface area (Å²) >= 11 is 0. The van der Waals surface area contributed by atoms with Crippen molar-refractivity contribution in [1.29, 1.82) is 0 Å². The number of nitrogens with zero attached hydrogens (tertiary/aromatic N) is 1. The molecule has 0 radical (unpaired) electrons. The predicted octanol–water partition coefficient (Wildman–Crippen LogP) is 3.62. The quantitative estimate of drug-likeness (QED) is 0.685. The van der Waals surface area contributed by atoms with Crippen LogP contribution >= 0.6 is 0 Å². The highest BCUT2D eigenvalue weighted by Crippen LogP contribution is 2.46. The Hall–Kier alpha value is -3.01. The molecule has 1 atom stereocenters. The lowest BCUT2D eigenvalue weighted by Crippen LogP contribution is -2.63. The van der Waals surface area contributed by atoms with Crippen molar-refractivity contribution in [2.24, 2.45) is 5.92 Å². The van der Waals surface area contributed by atoms with Crippen molar-refractivity contribution >= 4 is 33.0 Å². The molecule has 1 fully saturated rings. The number of anilines is 2. The van der Waals surface area contributed by atoms with Crippen LogP contribution < -0.4 is 15.0 Å². The number of nitrogens with one attached hydrogen (secondary N) is 1. The Morgan fingerprint density at radius 1 is 1.18 bits per heavy atom. The van der Waals surface area contributed by atoms with Crippen LogP contribution in [0.2, 0.25) is 0 Å². The van der Waals surface area contributed by atoms with Gasteiger partial charge < -0.3 is 10.1 Å². The topological polar surface area (TPSA) is 92.8 Å². The number of carbonyl (C=O) groups excluding carboxylic acids is 2. The van der Waals surface area contributed by atoms with Gasteiger partial charge in [0.25, 0.3) is 5.91 Å². The molecule has 1 N–H and O–H groups in total. The highest BCUT2D eigenvalue weighted by atomic mass is 32.2. The predicted molar refractivity (Wildman–Crippen MR) is 119 cm³/mol. The molecule has 2 heterocycles. The van der Waals surface area contributed by atoms with Crippen molar-refractivity contribution in [3.8, 4) is 5.75 Å². The summed E-state index contributed by atoms with van der Waals surface area (Å²) in [7, 11) is -3.13. The third kappa shape index (κ3) is 4.44. The first-order chi connectivity index (χ1) is 15.4. The number of alkyl halides is 2. The molecule has 1 unspecified atom stereocenters. The van der Waals surface area contributed by atoms with Gasteiger partial charge in [0.15, 0.2) is 9.84 Å². The number of fused-ring (bicyclic) bond motifs is 1. The van der Waals surface area contributed by atoms with Gasteiger partial charge in [0.05, 0.1) is 34.3 Å². The largest absolute Gasteiger partial charge is 0.435 e. The minimum atomic E-state index is -3.13. The molecule has 2 aliphatic rings. The zero-order chi connectivity index (χ0) is 24.1. The van der Waals surface area contributed by atoms with Crippen molar-refractivity contribution < 1.29 is 31.5 Å². The zero-order valence-corrected chi connectivity index (χ0v) is 19.2. The van der Waals surface area contributed by atoms with E-state index >= 15 is 0 Å². The monoisotopic (exact) mass is 478 g/mol. The van der Waals surface area contributed by atoms with Crippen LogP contribution in [-0.4, -0.2) is 43.9 Å². The molecule has 2 aromatic carbocycles. The van der Waals surface area contributed by atoms with E-state index in [0.29, 0.717) is 22.5 Å². The Kier molecular flexibility index (Phi) is 5.68. The molecule has 0 aliphatic carbocycles. The summed E-state index contributed by atoms with van der Waals surface area (Å²) in [5, 5.41) is 2.78. The van der Waals surface area contributed by atoms with Crippen LogP contribution in [0.15, 0.2) is 42.5 Å². The normalized spacial score (nSPS) is 20.5. The first kappa shape index (κ1) is 23.2. The second kappa shape index (κ2) is 8.09. The van der Waals surface area contributed by atoms with Gasteiger partial charge >= 0.3 is 6.61 Å². The lowest BCUT2D eigenvalue weighted by molar-refractivity contribution is -0.119. The molecule has 10 heteroatoms. The number of amides is 2. The maximum absolute atomic E-state index is 13.3. The SMILES string of the molecule is CC(C)C1C(=O)N(c2cccc(OC(F)F)c2)c2ccc(C(=O)NC3(C)CS(=O)(=O)C3)cc21. The lowest BCUT2D eigenvalue weighted by atomic mass is 9.89. The number of benzene rings is 2. The van der Waals surface area contributed by atoms with Crippen LogP contribution in [0.25, 0.3) is 0 Å². The Morgan fingerprint density at radius 2 is 1.88 bits per heavy atom. The van der Waals surface area contributed by atoms with Crippen LogP contribution in [0, 0.1) is 5.92 Å². The smallest absolute Gasteiger partial charge is 0.387 e. The average molecular weight is 479 g/mol. The van der Waals surface area contributed by atoms with Gasteiger partial charge in [-0.2, -0.15) is 8.78 Å². The van der Waals surface area contributed by atoms with Gasteiger partial charge in [0, 0.05) is 11.6 Å². The average Bonchev–Trinajstić information content (AvgIpc) is 2.96. The molecular formula is C23H24F2N2O5S. The molecule has 0 spiro atoms. The third-order valence-electron chi connectivity index (χ3n) is 5.81. The summed E-state index contributed by atoms with van der Waals surface area (Å²) in [4.78, 5) is 27.6. The summed E-state index contributed by atoms with van der Waals surface area (Å²) in [5.41, 5.74) is 1.08. The second-order valence-corrected chi connectivity index (χ2v) is 11.2. The van der Waals surface area contributed by atoms with E-state index in [2.05, 4.69) is 10.1 Å². The van der Waals surface area contributed by atoms with Crippen LogP contribution in [0.4, 0.5) is 20.2 Å². The molecule has 176 valence electrons. The van der Waals surface area contributed by atoms with E-state index in [1.54, 1.807) is 31.2 Å². The van der Waals surface area contributed by atoms with Crippen LogP contribution in [0.1, 0.15) is 42.6 Å². The number of hydrogen-bond acceptors (Lipinski definition) is 5. The molecule has 33 heavy (non-hydrogen) atoms. The van der Waals surface area contributed by atoms with Gasteiger partial charge in [-0.3, -0.25) is 14.5 Å². The zero-order valence-electron chi connectivity index (χ0n) is 18.3.